The number of ether oxygens (including phenoxy) is 1. The molecule has 4 heteroatoms. The number of hydrogen-bond acceptors (Lipinski definition) is 2. The van der Waals surface area contributed by atoms with E-state index in [1.807, 2.05) is 0 Å². The van der Waals surface area contributed by atoms with E-state index in [0.29, 0.717) is 17.7 Å². The van der Waals surface area contributed by atoms with Crippen LogP contribution in [0.2, 0.25) is 0 Å². The molecule has 0 radical (unpaired) electrons. The molecule has 3 aliphatic rings. The quantitative estimate of drug-likeness (QED) is 0.706. The van der Waals surface area contributed by atoms with Gasteiger partial charge >= 0.3 is 0 Å². The Labute approximate surface area is 109 Å². The van der Waals surface area contributed by atoms with Crippen LogP contribution in [0.3, 0.4) is 0 Å². The zero-order valence-electron chi connectivity index (χ0n) is 11.1. The Bertz CT molecular complexity index is 302. The van der Waals surface area contributed by atoms with Crippen molar-refractivity contribution < 1.29 is 14.4 Å². The molecule has 102 valence electrons. The summed E-state index contributed by atoms with van der Waals surface area (Å²) in [5, 5.41) is 3.16. The van der Waals surface area contributed by atoms with Gasteiger partial charge in [0, 0.05) is 5.92 Å². The Kier molecular flexibility index (Phi) is 3.85. The third-order valence-electron chi connectivity index (χ3n) is 5.05. The van der Waals surface area contributed by atoms with E-state index in [2.05, 4.69) is 5.32 Å². The monoisotopic (exact) mass is 253 g/mol. The van der Waals surface area contributed by atoms with E-state index in [-0.39, 0.29) is 0 Å². The van der Waals surface area contributed by atoms with Gasteiger partial charge in [0.2, 0.25) is 5.91 Å². The van der Waals surface area contributed by atoms with Gasteiger partial charge in [0.1, 0.15) is 13.1 Å². The smallest absolute Gasteiger partial charge is 0.223 e. The van der Waals surface area contributed by atoms with Crippen molar-refractivity contribution in [2.75, 3.05) is 39.4 Å². The maximum absolute atomic E-state index is 12.1. The lowest BCUT2D eigenvalue weighted by Crippen LogP contribution is -3.14. The normalized spacial score (nSPS) is 35.9. The Morgan fingerprint density at radius 3 is 2.72 bits per heavy atom. The third kappa shape index (κ3) is 2.69. The molecule has 0 unspecified atom stereocenters. The Balaban J connectivity index is 1.36. The van der Waals surface area contributed by atoms with Gasteiger partial charge in [0.05, 0.1) is 26.3 Å². The van der Waals surface area contributed by atoms with Crippen molar-refractivity contribution in [2.24, 2.45) is 17.8 Å². The zero-order valence-corrected chi connectivity index (χ0v) is 11.1. The van der Waals surface area contributed by atoms with Gasteiger partial charge in [-0.3, -0.25) is 4.79 Å². The van der Waals surface area contributed by atoms with Crippen LogP contribution in [0.25, 0.3) is 0 Å². The summed E-state index contributed by atoms with van der Waals surface area (Å²) in [5.41, 5.74) is 0. The third-order valence-corrected chi connectivity index (χ3v) is 5.05. The van der Waals surface area contributed by atoms with Gasteiger partial charge in [0.25, 0.3) is 0 Å². The highest BCUT2D eigenvalue weighted by Crippen LogP contribution is 2.48. The van der Waals surface area contributed by atoms with E-state index in [0.717, 1.165) is 51.7 Å². The molecule has 0 aromatic heterocycles. The molecule has 1 aliphatic heterocycles. The molecule has 18 heavy (non-hydrogen) atoms. The summed E-state index contributed by atoms with van der Waals surface area (Å²) >= 11 is 0. The average molecular weight is 253 g/mol. The van der Waals surface area contributed by atoms with Gasteiger partial charge in [-0.25, -0.2) is 0 Å². The Morgan fingerprint density at radius 2 is 2.06 bits per heavy atom. The van der Waals surface area contributed by atoms with E-state index in [1.54, 1.807) is 4.90 Å². The van der Waals surface area contributed by atoms with Crippen molar-refractivity contribution >= 4 is 5.91 Å². The van der Waals surface area contributed by atoms with E-state index in [1.165, 1.54) is 19.3 Å². The summed E-state index contributed by atoms with van der Waals surface area (Å²) in [6, 6.07) is 0. The molecule has 3 fully saturated rings. The first kappa shape index (κ1) is 12.4. The molecule has 0 spiro atoms. The summed E-state index contributed by atoms with van der Waals surface area (Å²) in [4.78, 5) is 13.7. The average Bonchev–Trinajstić information content (AvgIpc) is 3.02. The fourth-order valence-corrected chi connectivity index (χ4v) is 3.97. The number of nitrogens with one attached hydrogen (secondary N) is 2. The predicted molar refractivity (Wildman–Crippen MR) is 68.3 cm³/mol. The molecule has 2 saturated carbocycles. The van der Waals surface area contributed by atoms with E-state index in [4.69, 9.17) is 4.74 Å². The maximum Gasteiger partial charge on any atom is 0.223 e. The van der Waals surface area contributed by atoms with Crippen LogP contribution in [-0.2, 0) is 9.53 Å². The van der Waals surface area contributed by atoms with Gasteiger partial charge in [-0.2, -0.15) is 0 Å². The SMILES string of the molecule is O=C(NCC[NH+]1CCOCC1)[C@H]1C[C@H]2CC[C@@H]1C2. The topological polar surface area (TPSA) is 42.8 Å². The molecule has 0 aromatic carbocycles. The van der Waals surface area contributed by atoms with Gasteiger partial charge in [-0.15, -0.1) is 0 Å². The highest BCUT2D eigenvalue weighted by Gasteiger charge is 2.42. The second-order valence-electron chi connectivity index (χ2n) is 6.18. The Hall–Kier alpha value is -0.610. The minimum absolute atomic E-state index is 0.329. The lowest BCUT2D eigenvalue weighted by molar-refractivity contribution is -0.906. The van der Waals surface area contributed by atoms with Crippen LogP contribution in [0.5, 0.6) is 0 Å². The zero-order chi connectivity index (χ0) is 12.4. The number of fused-ring (bicyclic) bond motifs is 2. The Morgan fingerprint density at radius 1 is 1.22 bits per heavy atom. The summed E-state index contributed by atoms with van der Waals surface area (Å²) in [7, 11) is 0. The van der Waals surface area contributed by atoms with Crippen molar-refractivity contribution in [1.29, 1.82) is 0 Å². The van der Waals surface area contributed by atoms with Gasteiger partial charge in [0.15, 0.2) is 0 Å². The second kappa shape index (κ2) is 5.57. The van der Waals surface area contributed by atoms with Gasteiger partial charge in [-0.05, 0) is 31.1 Å². The first-order chi connectivity index (χ1) is 8.83. The number of carbonyl (C=O) groups excluding carboxylic acids is 1. The van der Waals surface area contributed by atoms with Crippen molar-refractivity contribution in [2.45, 2.75) is 25.7 Å². The van der Waals surface area contributed by atoms with Crippen LogP contribution in [0, 0.1) is 17.8 Å². The molecule has 2 aliphatic carbocycles. The van der Waals surface area contributed by atoms with Crippen molar-refractivity contribution in [3.63, 3.8) is 0 Å². The molecule has 2 N–H and O–H groups in total. The molecule has 3 rings (SSSR count). The van der Waals surface area contributed by atoms with Crippen LogP contribution >= 0.6 is 0 Å². The minimum atomic E-state index is 0.329. The fraction of sp³-hybridized carbons (Fsp3) is 0.929. The van der Waals surface area contributed by atoms with E-state index >= 15 is 0 Å². The molecular weight excluding hydrogens is 228 g/mol. The summed E-state index contributed by atoms with van der Waals surface area (Å²) < 4.78 is 5.33. The number of quaternary nitrogens is 1. The first-order valence-corrected chi connectivity index (χ1v) is 7.52. The molecular formula is C14H25N2O2+. The summed E-state index contributed by atoms with van der Waals surface area (Å²) in [6.07, 6.45) is 5.12. The molecule has 3 atom stereocenters. The van der Waals surface area contributed by atoms with Crippen LogP contribution in [0.1, 0.15) is 25.7 Å². The summed E-state index contributed by atoms with van der Waals surface area (Å²) in [6.45, 7) is 5.80. The fourth-order valence-electron chi connectivity index (χ4n) is 3.97. The first-order valence-electron chi connectivity index (χ1n) is 7.52. The molecule has 1 heterocycles. The van der Waals surface area contributed by atoms with Crippen LogP contribution < -0.4 is 10.2 Å². The lowest BCUT2D eigenvalue weighted by Gasteiger charge is -2.25. The largest absolute Gasteiger partial charge is 0.370 e. The van der Waals surface area contributed by atoms with Crippen LogP contribution in [0.15, 0.2) is 0 Å². The number of morpholine rings is 1. The van der Waals surface area contributed by atoms with E-state index < -0.39 is 0 Å². The molecule has 1 amide bonds. The van der Waals surface area contributed by atoms with Gasteiger partial charge in [-0.1, -0.05) is 6.42 Å². The van der Waals surface area contributed by atoms with Gasteiger partial charge < -0.3 is 15.0 Å². The van der Waals surface area contributed by atoms with Crippen LogP contribution in [0.4, 0.5) is 0 Å². The second-order valence-corrected chi connectivity index (χ2v) is 6.18. The van der Waals surface area contributed by atoms with Crippen LogP contribution in [-0.4, -0.2) is 45.3 Å². The predicted octanol–water partition coefficient (Wildman–Crippen LogP) is -0.546. The number of amides is 1. The van der Waals surface area contributed by atoms with Crippen molar-refractivity contribution in [1.82, 2.24) is 5.32 Å². The molecule has 4 nitrogen and oxygen atoms in total. The standard InChI is InChI=1S/C14H24N2O2/c17-14(13-10-11-1-2-12(13)9-11)15-3-4-16-5-7-18-8-6-16/h11-13H,1-10H2,(H,15,17)/p+1/t11-,12+,13-/m0/s1. The number of hydrogen-bond donors (Lipinski definition) is 2. The number of carbonyl (C=O) groups is 1. The lowest BCUT2D eigenvalue weighted by atomic mass is 9.88. The highest BCUT2D eigenvalue weighted by molar-refractivity contribution is 5.79. The van der Waals surface area contributed by atoms with E-state index in [9.17, 15) is 4.79 Å². The number of rotatable bonds is 4. The summed E-state index contributed by atoms with van der Waals surface area (Å²) in [5.74, 6) is 2.22. The maximum atomic E-state index is 12.1. The highest BCUT2D eigenvalue weighted by atomic mass is 16.5. The molecule has 0 aromatic rings. The minimum Gasteiger partial charge on any atom is -0.370 e. The van der Waals surface area contributed by atoms with Crippen molar-refractivity contribution in [3.05, 3.63) is 0 Å². The van der Waals surface area contributed by atoms with Crippen molar-refractivity contribution in [3.8, 4) is 0 Å². The molecule has 1 saturated heterocycles. The molecule has 2 bridgehead atoms.